The molecule has 0 saturated carbocycles. The lowest BCUT2D eigenvalue weighted by atomic mass is 10.1. The minimum atomic E-state index is -0.666. The molecular weight excluding hydrogens is 360 g/mol. The fraction of sp³-hybridized carbons (Fsp3) is 0.286. The van der Waals surface area contributed by atoms with Gasteiger partial charge in [-0.15, -0.1) is 0 Å². The van der Waals surface area contributed by atoms with Gasteiger partial charge < -0.3 is 14.8 Å². The van der Waals surface area contributed by atoms with Crippen LogP contribution in [0.1, 0.15) is 17.5 Å². The zero-order valence-corrected chi connectivity index (χ0v) is 15.9. The Balaban J connectivity index is 1.59. The van der Waals surface area contributed by atoms with Gasteiger partial charge in [0.25, 0.3) is 5.91 Å². The molecule has 3 rings (SSSR count). The summed E-state index contributed by atoms with van der Waals surface area (Å²) in [5.41, 5.74) is 3.20. The maximum Gasteiger partial charge on any atom is 0.326 e. The van der Waals surface area contributed by atoms with Gasteiger partial charge in [-0.25, -0.2) is 0 Å². The number of aryl methyl sites for hydroxylation is 1. The molecule has 0 spiro atoms. The SMILES string of the molecule is Cc1cccc(NC(=O)COC(=O)CN2C(=O)CCOc3ccccc32)c1C. The number of para-hydroxylation sites is 2. The lowest BCUT2D eigenvalue weighted by Gasteiger charge is -2.20. The molecule has 0 radical (unpaired) electrons. The second kappa shape index (κ2) is 8.56. The molecule has 1 aliphatic rings. The summed E-state index contributed by atoms with van der Waals surface area (Å²) in [4.78, 5) is 38.0. The van der Waals surface area contributed by atoms with E-state index in [1.165, 1.54) is 4.90 Å². The minimum absolute atomic E-state index is 0.162. The lowest BCUT2D eigenvalue weighted by molar-refractivity contribution is -0.146. The van der Waals surface area contributed by atoms with Gasteiger partial charge in [0.05, 0.1) is 18.7 Å². The van der Waals surface area contributed by atoms with E-state index >= 15 is 0 Å². The zero-order valence-electron chi connectivity index (χ0n) is 15.9. The van der Waals surface area contributed by atoms with E-state index in [9.17, 15) is 14.4 Å². The van der Waals surface area contributed by atoms with Crippen LogP contribution in [0.3, 0.4) is 0 Å². The third-order valence-corrected chi connectivity index (χ3v) is 4.56. The fourth-order valence-corrected chi connectivity index (χ4v) is 2.89. The van der Waals surface area contributed by atoms with E-state index in [1.54, 1.807) is 30.3 Å². The van der Waals surface area contributed by atoms with E-state index < -0.39 is 18.5 Å². The number of ether oxygens (including phenoxy) is 2. The highest BCUT2D eigenvalue weighted by Gasteiger charge is 2.25. The van der Waals surface area contributed by atoms with Crippen LogP contribution in [-0.4, -0.2) is 37.5 Å². The monoisotopic (exact) mass is 382 g/mol. The van der Waals surface area contributed by atoms with Crippen molar-refractivity contribution in [1.29, 1.82) is 0 Å². The van der Waals surface area contributed by atoms with Crippen molar-refractivity contribution in [1.82, 2.24) is 0 Å². The molecule has 7 nitrogen and oxygen atoms in total. The number of amides is 2. The van der Waals surface area contributed by atoms with Crippen LogP contribution in [0.15, 0.2) is 42.5 Å². The zero-order chi connectivity index (χ0) is 20.1. The number of carbonyl (C=O) groups is 3. The molecule has 2 amide bonds. The summed E-state index contributed by atoms with van der Waals surface area (Å²) in [7, 11) is 0. The van der Waals surface area contributed by atoms with Gasteiger partial charge in [-0.3, -0.25) is 19.3 Å². The van der Waals surface area contributed by atoms with Crippen molar-refractivity contribution >= 4 is 29.2 Å². The van der Waals surface area contributed by atoms with Crippen molar-refractivity contribution in [2.45, 2.75) is 20.3 Å². The van der Waals surface area contributed by atoms with Crippen LogP contribution in [-0.2, 0) is 19.1 Å². The highest BCUT2D eigenvalue weighted by atomic mass is 16.5. The second-order valence-corrected chi connectivity index (χ2v) is 6.50. The molecule has 0 unspecified atom stereocenters. The van der Waals surface area contributed by atoms with Crippen LogP contribution >= 0.6 is 0 Å². The van der Waals surface area contributed by atoms with E-state index in [0.29, 0.717) is 17.1 Å². The van der Waals surface area contributed by atoms with E-state index in [1.807, 2.05) is 26.0 Å². The molecule has 0 aliphatic carbocycles. The maximum absolute atomic E-state index is 12.3. The van der Waals surface area contributed by atoms with Crippen LogP contribution in [0.4, 0.5) is 11.4 Å². The van der Waals surface area contributed by atoms with Crippen LogP contribution in [0.2, 0.25) is 0 Å². The molecule has 2 aromatic carbocycles. The van der Waals surface area contributed by atoms with E-state index in [2.05, 4.69) is 5.32 Å². The summed E-state index contributed by atoms with van der Waals surface area (Å²) < 4.78 is 10.6. The van der Waals surface area contributed by atoms with Crippen molar-refractivity contribution in [2.75, 3.05) is 30.0 Å². The summed E-state index contributed by atoms with van der Waals surface area (Å²) in [6.45, 7) is 3.40. The van der Waals surface area contributed by atoms with Crippen LogP contribution < -0.4 is 15.0 Å². The molecule has 0 aromatic heterocycles. The normalized spacial score (nSPS) is 13.2. The van der Waals surface area contributed by atoms with Crippen LogP contribution in [0.25, 0.3) is 0 Å². The number of nitrogens with one attached hydrogen (secondary N) is 1. The smallest absolute Gasteiger partial charge is 0.326 e. The molecule has 0 atom stereocenters. The average molecular weight is 382 g/mol. The number of nitrogens with zero attached hydrogens (tertiary/aromatic N) is 1. The molecule has 0 bridgehead atoms. The van der Waals surface area contributed by atoms with Gasteiger partial charge in [-0.1, -0.05) is 24.3 Å². The molecule has 1 N–H and O–H groups in total. The van der Waals surface area contributed by atoms with Gasteiger partial charge in [0, 0.05) is 5.69 Å². The number of rotatable bonds is 5. The summed E-state index contributed by atoms with van der Waals surface area (Å²) in [5.74, 6) is -0.801. The van der Waals surface area contributed by atoms with Gasteiger partial charge >= 0.3 is 5.97 Å². The Morgan fingerprint density at radius 1 is 1.14 bits per heavy atom. The van der Waals surface area contributed by atoms with Gasteiger partial charge in [0.15, 0.2) is 6.61 Å². The molecule has 0 saturated heterocycles. The van der Waals surface area contributed by atoms with Crippen molar-refractivity contribution < 1.29 is 23.9 Å². The van der Waals surface area contributed by atoms with Crippen molar-refractivity contribution in [3.8, 4) is 5.75 Å². The van der Waals surface area contributed by atoms with Crippen molar-refractivity contribution in [3.63, 3.8) is 0 Å². The Bertz CT molecular complexity index is 909. The molecule has 1 aliphatic heterocycles. The molecule has 0 fully saturated rings. The molecular formula is C21H22N2O5. The standard InChI is InChI=1S/C21H22N2O5/c1-14-6-5-7-16(15(14)2)22-19(24)13-28-21(26)12-23-17-8-3-4-9-18(17)27-11-10-20(23)25/h3-9H,10-13H2,1-2H3,(H,22,24). The number of carbonyl (C=O) groups excluding carboxylic acids is 3. The highest BCUT2D eigenvalue weighted by molar-refractivity contribution is 6.00. The van der Waals surface area contributed by atoms with E-state index in [4.69, 9.17) is 9.47 Å². The predicted octanol–water partition coefficient (Wildman–Crippen LogP) is 2.60. The number of esters is 1. The van der Waals surface area contributed by atoms with E-state index in [0.717, 1.165) is 11.1 Å². The Labute approximate surface area is 163 Å². The number of hydrogen-bond donors (Lipinski definition) is 1. The van der Waals surface area contributed by atoms with Gasteiger partial charge in [-0.05, 0) is 43.2 Å². The Hall–Kier alpha value is -3.35. The first-order valence-corrected chi connectivity index (χ1v) is 8.99. The Morgan fingerprint density at radius 2 is 1.93 bits per heavy atom. The predicted molar refractivity (Wildman–Crippen MR) is 104 cm³/mol. The Kier molecular flexibility index (Phi) is 5.93. The van der Waals surface area contributed by atoms with Gasteiger partial charge in [0.1, 0.15) is 12.3 Å². The van der Waals surface area contributed by atoms with Crippen LogP contribution in [0, 0.1) is 13.8 Å². The largest absolute Gasteiger partial charge is 0.491 e. The highest BCUT2D eigenvalue weighted by Crippen LogP contribution is 2.30. The second-order valence-electron chi connectivity index (χ2n) is 6.50. The summed E-state index contributed by atoms with van der Waals surface area (Å²) in [6, 6.07) is 12.6. The van der Waals surface area contributed by atoms with Crippen LogP contribution in [0.5, 0.6) is 5.75 Å². The topological polar surface area (TPSA) is 84.9 Å². The minimum Gasteiger partial charge on any atom is -0.491 e. The average Bonchev–Trinajstić information content (AvgIpc) is 2.83. The van der Waals surface area contributed by atoms with Crippen molar-refractivity contribution in [3.05, 3.63) is 53.6 Å². The van der Waals surface area contributed by atoms with Gasteiger partial charge in [-0.2, -0.15) is 0 Å². The maximum atomic E-state index is 12.3. The summed E-state index contributed by atoms with van der Waals surface area (Å²) in [5, 5.41) is 2.73. The summed E-state index contributed by atoms with van der Waals surface area (Å²) >= 11 is 0. The van der Waals surface area contributed by atoms with Gasteiger partial charge in [0.2, 0.25) is 5.91 Å². The molecule has 7 heteroatoms. The first kappa shape index (κ1) is 19.4. The lowest BCUT2D eigenvalue weighted by Crippen LogP contribution is -2.37. The number of anilines is 2. The third-order valence-electron chi connectivity index (χ3n) is 4.56. The molecule has 28 heavy (non-hydrogen) atoms. The Morgan fingerprint density at radius 3 is 2.75 bits per heavy atom. The molecule has 1 heterocycles. The fourth-order valence-electron chi connectivity index (χ4n) is 2.89. The first-order chi connectivity index (χ1) is 13.5. The number of hydrogen-bond acceptors (Lipinski definition) is 5. The first-order valence-electron chi connectivity index (χ1n) is 8.99. The number of benzene rings is 2. The third kappa shape index (κ3) is 4.49. The quantitative estimate of drug-likeness (QED) is 0.804. The summed E-state index contributed by atoms with van der Waals surface area (Å²) in [6.07, 6.45) is 0.162. The van der Waals surface area contributed by atoms with Crippen molar-refractivity contribution in [2.24, 2.45) is 0 Å². The molecule has 146 valence electrons. The van der Waals surface area contributed by atoms with E-state index in [-0.39, 0.29) is 25.5 Å². The molecule has 2 aromatic rings. The number of fused-ring (bicyclic) bond motifs is 1.